The van der Waals surface area contributed by atoms with Crippen molar-refractivity contribution in [1.29, 1.82) is 0 Å². The molecule has 8 nitrogen and oxygen atoms in total. The molecule has 0 atom stereocenters. The van der Waals surface area contributed by atoms with Crippen LogP contribution in [0.25, 0.3) is 0 Å². The summed E-state index contributed by atoms with van der Waals surface area (Å²) in [4.78, 5) is 24.6. The van der Waals surface area contributed by atoms with Crippen LogP contribution in [0.3, 0.4) is 0 Å². The maximum absolute atomic E-state index is 12.3. The van der Waals surface area contributed by atoms with E-state index >= 15 is 0 Å². The Morgan fingerprint density at radius 3 is 2.35 bits per heavy atom. The average molecular weight is 459 g/mol. The molecule has 0 fully saturated rings. The van der Waals surface area contributed by atoms with E-state index in [1.165, 1.54) is 32.2 Å². The van der Waals surface area contributed by atoms with Gasteiger partial charge >= 0.3 is 6.03 Å². The Kier molecular flexibility index (Phi) is 6.19. The zero-order valence-electron chi connectivity index (χ0n) is 13.2. The number of hydrogen-bond acceptors (Lipinski definition) is 6. The number of carbonyl (C=O) groups is 1. The van der Waals surface area contributed by atoms with E-state index in [9.17, 15) is 13.2 Å². The summed E-state index contributed by atoms with van der Waals surface area (Å²) in [5, 5.41) is -0.0371. The molecule has 1 N–H and O–H groups in total. The number of urea groups is 1. The van der Waals surface area contributed by atoms with Crippen LogP contribution in [0.2, 0.25) is 5.02 Å². The Morgan fingerprint density at radius 2 is 1.77 bits per heavy atom. The van der Waals surface area contributed by atoms with E-state index in [0.29, 0.717) is 0 Å². The first-order valence-corrected chi connectivity index (χ1v) is 9.76. The fourth-order valence-electron chi connectivity index (χ4n) is 1.74. The molecule has 0 bridgehead atoms. The molecular formula is C13H11Cl4N5O3S. The number of aryl methyl sites for hydroxylation is 1. The predicted molar refractivity (Wildman–Crippen MR) is 99.4 cm³/mol. The standard InChI is InChI=1S/C13H11Cl4N5O3S/c1-7-18-10(13(15,16)17)20-11(19-7)22(2)12(23)21-26(24,25)9-6-4-3-5-8(9)14/h3-6H,1-2H3,(H,21,23). The van der Waals surface area contributed by atoms with Crippen molar-refractivity contribution < 1.29 is 13.2 Å². The maximum Gasteiger partial charge on any atom is 0.337 e. The van der Waals surface area contributed by atoms with Crippen molar-refractivity contribution in [2.45, 2.75) is 15.6 Å². The summed E-state index contributed by atoms with van der Waals surface area (Å²) in [6.07, 6.45) is 0. The molecule has 1 aromatic heterocycles. The Morgan fingerprint density at radius 1 is 1.15 bits per heavy atom. The molecule has 140 valence electrons. The molecule has 1 heterocycles. The number of nitrogens with one attached hydrogen (secondary N) is 1. The van der Waals surface area contributed by atoms with Gasteiger partial charge in [0.15, 0.2) is 5.82 Å². The van der Waals surface area contributed by atoms with Crippen molar-refractivity contribution in [3.63, 3.8) is 0 Å². The van der Waals surface area contributed by atoms with Crippen LogP contribution >= 0.6 is 46.4 Å². The highest BCUT2D eigenvalue weighted by molar-refractivity contribution is 7.90. The Labute approximate surface area is 169 Å². The van der Waals surface area contributed by atoms with Gasteiger partial charge in [0.25, 0.3) is 10.0 Å². The molecule has 1 aromatic carbocycles. The molecule has 26 heavy (non-hydrogen) atoms. The number of anilines is 1. The highest BCUT2D eigenvalue weighted by Crippen LogP contribution is 2.36. The molecule has 2 aromatic rings. The zero-order valence-corrected chi connectivity index (χ0v) is 17.1. The third-order valence-electron chi connectivity index (χ3n) is 2.94. The minimum Gasteiger partial charge on any atom is -0.265 e. The normalized spacial score (nSPS) is 11.9. The summed E-state index contributed by atoms with van der Waals surface area (Å²) >= 11 is 23.1. The van der Waals surface area contributed by atoms with E-state index in [-0.39, 0.29) is 27.5 Å². The van der Waals surface area contributed by atoms with Gasteiger partial charge in [-0.1, -0.05) is 58.5 Å². The van der Waals surface area contributed by atoms with Crippen molar-refractivity contribution >= 4 is 68.4 Å². The molecule has 0 aliphatic carbocycles. The minimum absolute atomic E-state index is 0.0371. The van der Waals surface area contributed by atoms with Gasteiger partial charge in [-0.15, -0.1) is 0 Å². The summed E-state index contributed by atoms with van der Waals surface area (Å²) in [7, 11) is -2.97. The topological polar surface area (TPSA) is 105 Å². The molecule has 0 radical (unpaired) electrons. The molecule has 0 saturated heterocycles. The fraction of sp³-hybridized carbons (Fsp3) is 0.231. The van der Waals surface area contributed by atoms with Gasteiger partial charge in [-0.2, -0.15) is 9.97 Å². The lowest BCUT2D eigenvalue weighted by Crippen LogP contribution is -2.42. The first kappa shape index (κ1) is 20.9. The van der Waals surface area contributed by atoms with Gasteiger partial charge in [-0.3, -0.25) is 4.90 Å². The van der Waals surface area contributed by atoms with E-state index < -0.39 is 19.8 Å². The van der Waals surface area contributed by atoms with Crippen molar-refractivity contribution in [2.75, 3.05) is 11.9 Å². The second kappa shape index (κ2) is 7.69. The molecule has 0 spiro atoms. The number of carbonyl (C=O) groups excluding carboxylic acids is 1. The van der Waals surface area contributed by atoms with Crippen LogP contribution in [0.1, 0.15) is 11.6 Å². The Balaban J connectivity index is 2.31. The van der Waals surface area contributed by atoms with Crippen LogP contribution in [0.5, 0.6) is 0 Å². The number of alkyl halides is 3. The van der Waals surface area contributed by atoms with Gasteiger partial charge < -0.3 is 0 Å². The molecule has 0 unspecified atom stereocenters. The number of hydrogen-bond donors (Lipinski definition) is 1. The third kappa shape index (κ3) is 4.86. The van der Waals surface area contributed by atoms with Gasteiger partial charge in [0, 0.05) is 7.05 Å². The molecule has 2 amide bonds. The van der Waals surface area contributed by atoms with E-state index in [1.54, 1.807) is 6.07 Å². The number of aromatic nitrogens is 3. The van der Waals surface area contributed by atoms with Gasteiger partial charge in [-0.25, -0.2) is 22.9 Å². The predicted octanol–water partition coefficient (Wildman–Crippen LogP) is 3.19. The van der Waals surface area contributed by atoms with Crippen LogP contribution in [-0.4, -0.2) is 36.4 Å². The molecule has 13 heteroatoms. The second-order valence-corrected chi connectivity index (χ2v) is 9.24. The molecule has 0 saturated carbocycles. The number of rotatable bonds is 3. The van der Waals surface area contributed by atoms with Crippen molar-refractivity contribution in [2.24, 2.45) is 0 Å². The van der Waals surface area contributed by atoms with E-state index in [1.807, 2.05) is 4.72 Å². The SMILES string of the molecule is Cc1nc(N(C)C(=O)NS(=O)(=O)c2ccccc2Cl)nc(C(Cl)(Cl)Cl)n1. The van der Waals surface area contributed by atoms with Crippen LogP contribution < -0.4 is 9.62 Å². The zero-order chi connectivity index (χ0) is 19.7. The third-order valence-corrected chi connectivity index (χ3v) is 5.27. The molecule has 0 aliphatic heterocycles. The lowest BCUT2D eigenvalue weighted by atomic mass is 10.4. The molecule has 0 aliphatic rings. The molecular weight excluding hydrogens is 448 g/mol. The number of halogens is 4. The van der Waals surface area contributed by atoms with Crippen LogP contribution in [-0.2, 0) is 13.8 Å². The van der Waals surface area contributed by atoms with Gasteiger partial charge in [-0.05, 0) is 19.1 Å². The second-order valence-electron chi connectivity index (χ2n) is 4.90. The van der Waals surface area contributed by atoms with E-state index in [2.05, 4.69) is 15.0 Å². The fourth-order valence-corrected chi connectivity index (χ4v) is 3.49. The van der Waals surface area contributed by atoms with Gasteiger partial charge in [0.1, 0.15) is 10.7 Å². The van der Waals surface area contributed by atoms with Gasteiger partial charge in [0.2, 0.25) is 9.74 Å². The van der Waals surface area contributed by atoms with Crippen molar-refractivity contribution in [3.8, 4) is 0 Å². The number of benzene rings is 1. The summed E-state index contributed by atoms with van der Waals surface area (Å²) in [5.74, 6) is -0.241. The van der Waals surface area contributed by atoms with Crippen LogP contribution in [0.4, 0.5) is 10.7 Å². The summed E-state index contributed by atoms with van der Waals surface area (Å²) in [5.41, 5.74) is 0. The smallest absolute Gasteiger partial charge is 0.265 e. The van der Waals surface area contributed by atoms with Crippen molar-refractivity contribution in [3.05, 3.63) is 40.9 Å². The van der Waals surface area contributed by atoms with E-state index in [4.69, 9.17) is 46.4 Å². The highest BCUT2D eigenvalue weighted by atomic mass is 35.6. The van der Waals surface area contributed by atoms with E-state index in [0.717, 1.165) is 4.90 Å². The average Bonchev–Trinajstić information content (AvgIpc) is 2.52. The Bertz CT molecular complexity index is 949. The molecule has 2 rings (SSSR count). The number of nitrogens with zero attached hydrogens (tertiary/aromatic N) is 4. The highest BCUT2D eigenvalue weighted by Gasteiger charge is 2.30. The van der Waals surface area contributed by atoms with Crippen molar-refractivity contribution in [1.82, 2.24) is 19.7 Å². The number of sulfonamides is 1. The summed E-state index contributed by atoms with van der Waals surface area (Å²) in [6, 6.07) is 4.63. The Hall–Kier alpha value is -1.39. The van der Waals surface area contributed by atoms with Gasteiger partial charge in [0.05, 0.1) is 5.02 Å². The lowest BCUT2D eigenvalue weighted by molar-refractivity contribution is 0.252. The first-order valence-electron chi connectivity index (χ1n) is 6.77. The van der Waals surface area contributed by atoms with Crippen LogP contribution in [0.15, 0.2) is 29.2 Å². The quantitative estimate of drug-likeness (QED) is 0.708. The monoisotopic (exact) mass is 457 g/mol. The minimum atomic E-state index is -4.21. The summed E-state index contributed by atoms with van der Waals surface area (Å²) < 4.78 is 24.6. The first-order chi connectivity index (χ1) is 11.9. The summed E-state index contributed by atoms with van der Waals surface area (Å²) in [6.45, 7) is 1.50. The number of amides is 2. The van der Waals surface area contributed by atoms with Crippen LogP contribution in [0, 0.1) is 6.92 Å². The maximum atomic E-state index is 12.3. The lowest BCUT2D eigenvalue weighted by Gasteiger charge is -2.18. The largest absolute Gasteiger partial charge is 0.337 e.